The molecule has 0 bridgehead atoms. The second-order valence-electron chi connectivity index (χ2n) is 27.9. The second kappa shape index (κ2) is 82.4. The summed E-state index contributed by atoms with van der Waals surface area (Å²) < 4.78 is 61.3. The number of hydrogen-bond acceptors (Lipinski definition) is 14. The quantitative estimate of drug-likeness (QED) is 0.0146. The minimum atomic E-state index is -4.95. The number of ether oxygens (including phenoxy) is 3. The van der Waals surface area contributed by atoms with Crippen LogP contribution in [0.15, 0.2) is 170 Å². The summed E-state index contributed by atoms with van der Waals surface area (Å²) in [7, 11) is -9.82. The molecule has 0 fully saturated rings. The van der Waals surface area contributed by atoms with Crippen molar-refractivity contribution >= 4 is 33.6 Å². The van der Waals surface area contributed by atoms with Gasteiger partial charge in [-0.3, -0.25) is 32.5 Å². The molecule has 18 heteroatoms. The molecule has 0 aromatic heterocycles. The zero-order valence-corrected chi connectivity index (χ0v) is 70.0. The maximum Gasteiger partial charge on any atom is 0.472 e. The zero-order chi connectivity index (χ0) is 79.4. The second-order valence-corrected chi connectivity index (χ2v) is 30.8. The normalized spacial score (nSPS) is 14.7. The van der Waals surface area contributed by atoms with Gasteiger partial charge < -0.3 is 34.2 Å². The van der Waals surface area contributed by atoms with E-state index >= 15 is 0 Å². The summed E-state index contributed by atoms with van der Waals surface area (Å²) >= 11 is 0. The molecular weight excluding hydrogens is 1410 g/mol. The van der Waals surface area contributed by atoms with Crippen molar-refractivity contribution in [1.29, 1.82) is 0 Å². The number of aliphatic hydroxyl groups is 2. The first-order valence-corrected chi connectivity index (χ1v) is 45.4. The maximum atomic E-state index is 13.0. The SMILES string of the molecule is CC/C=C\C/C=C\C/C=C\C/C=C\C/C=C\C/C=C\CCCCCCCCC(=O)OCC(COP(=O)(O)OCC(O)COP(=O)(O)OCC(O)COC(=O)CCCCCCCCCCCCCCC/C=C\C/C=C\C/C=C\C/C=C\C/C=C\CC)OC(=O)CCCCCCCC/C=C\C/C=C\C/C=C\CCCCC. The van der Waals surface area contributed by atoms with Gasteiger partial charge in [-0.05, 0) is 154 Å². The van der Waals surface area contributed by atoms with E-state index < -0.39 is 91.5 Å². The van der Waals surface area contributed by atoms with Crippen LogP contribution in [0.4, 0.5) is 0 Å². The highest BCUT2D eigenvalue weighted by Gasteiger charge is 2.29. The van der Waals surface area contributed by atoms with E-state index in [2.05, 4.69) is 191 Å². The third-order valence-corrected chi connectivity index (χ3v) is 19.3. The Morgan fingerprint density at radius 2 is 0.486 bits per heavy atom. The number of esters is 3. The van der Waals surface area contributed by atoms with Crippen LogP contribution in [0, 0.1) is 0 Å². The summed E-state index contributed by atoms with van der Waals surface area (Å²) in [6.45, 7) is 2.41. The highest BCUT2D eigenvalue weighted by atomic mass is 31.2. The van der Waals surface area contributed by atoms with Crippen LogP contribution < -0.4 is 0 Å². The first-order valence-electron chi connectivity index (χ1n) is 42.4. The van der Waals surface area contributed by atoms with Crippen molar-refractivity contribution in [2.45, 2.75) is 347 Å². The lowest BCUT2D eigenvalue weighted by atomic mass is 10.0. The van der Waals surface area contributed by atoms with Gasteiger partial charge in [0.1, 0.15) is 25.4 Å². The summed E-state index contributed by atoms with van der Waals surface area (Å²) in [6.07, 6.45) is 105. The Morgan fingerprint density at radius 1 is 0.266 bits per heavy atom. The molecule has 5 unspecified atom stereocenters. The van der Waals surface area contributed by atoms with Crippen LogP contribution >= 0.6 is 15.6 Å². The highest BCUT2D eigenvalue weighted by Crippen LogP contribution is 2.45. The molecule has 0 saturated heterocycles. The average molecular weight is 1560 g/mol. The van der Waals surface area contributed by atoms with Crippen molar-refractivity contribution < 1.29 is 75.8 Å². The number of phosphoric ester groups is 2. The van der Waals surface area contributed by atoms with Gasteiger partial charge in [-0.1, -0.05) is 326 Å². The molecular formula is C91H152O16P2. The van der Waals surface area contributed by atoms with Gasteiger partial charge in [-0.15, -0.1) is 0 Å². The van der Waals surface area contributed by atoms with Gasteiger partial charge in [-0.2, -0.15) is 0 Å². The fourth-order valence-electron chi connectivity index (χ4n) is 11.0. The van der Waals surface area contributed by atoms with Crippen LogP contribution in [0.5, 0.6) is 0 Å². The minimum absolute atomic E-state index is 0.0812. The number of rotatable bonds is 79. The highest BCUT2D eigenvalue weighted by molar-refractivity contribution is 7.47. The van der Waals surface area contributed by atoms with Crippen molar-refractivity contribution in [2.75, 3.05) is 39.6 Å². The van der Waals surface area contributed by atoms with E-state index in [1.165, 1.54) is 77.0 Å². The van der Waals surface area contributed by atoms with Crippen LogP contribution in [-0.2, 0) is 55.8 Å². The Kier molecular flexibility index (Phi) is 78.5. The van der Waals surface area contributed by atoms with Gasteiger partial charge in [0.25, 0.3) is 0 Å². The number of hydrogen-bond donors (Lipinski definition) is 4. The summed E-state index contributed by atoms with van der Waals surface area (Å²) in [5, 5.41) is 20.7. The van der Waals surface area contributed by atoms with Gasteiger partial charge in [-0.25, -0.2) is 9.13 Å². The number of allylic oxidation sites excluding steroid dienone is 28. The first kappa shape index (κ1) is 104. The number of carbonyl (C=O) groups excluding carboxylic acids is 3. The molecule has 0 aliphatic heterocycles. The molecule has 0 saturated carbocycles. The fourth-order valence-corrected chi connectivity index (χ4v) is 12.6. The smallest absolute Gasteiger partial charge is 0.463 e. The van der Waals surface area contributed by atoms with Crippen LogP contribution in [0.3, 0.4) is 0 Å². The van der Waals surface area contributed by atoms with E-state index in [0.717, 1.165) is 193 Å². The molecule has 0 radical (unpaired) electrons. The molecule has 16 nitrogen and oxygen atoms in total. The van der Waals surface area contributed by atoms with Crippen LogP contribution in [-0.4, -0.2) is 95.9 Å². The Balaban J connectivity index is 4.63. The van der Waals surface area contributed by atoms with Gasteiger partial charge in [0.05, 0.1) is 26.4 Å². The summed E-state index contributed by atoms with van der Waals surface area (Å²) in [5.41, 5.74) is 0. The molecule has 0 aliphatic rings. The number of carbonyl (C=O) groups is 3. The monoisotopic (exact) mass is 1560 g/mol. The van der Waals surface area contributed by atoms with E-state index in [-0.39, 0.29) is 19.3 Å². The fraction of sp³-hybridized carbons (Fsp3) is 0.659. The molecule has 0 spiro atoms. The molecule has 0 aromatic rings. The topological polar surface area (TPSA) is 231 Å². The van der Waals surface area contributed by atoms with Gasteiger partial charge >= 0.3 is 33.6 Å². The predicted octanol–water partition coefficient (Wildman–Crippen LogP) is 25.5. The van der Waals surface area contributed by atoms with Gasteiger partial charge in [0, 0.05) is 19.3 Å². The van der Waals surface area contributed by atoms with Crippen LogP contribution in [0.1, 0.15) is 329 Å². The van der Waals surface area contributed by atoms with E-state index in [9.17, 15) is 43.5 Å². The van der Waals surface area contributed by atoms with Crippen molar-refractivity contribution in [3.8, 4) is 0 Å². The standard InChI is InChI=1S/C91H152O16P2/c1-4-7-10-13-16-19-22-25-28-31-34-36-38-40-41-42-43-45-47-48-51-53-56-59-62-65-68-71-74-77-89(94)101-80-86(92)81-103-108(97,98)104-82-87(93)83-105-109(99,100)106-85-88(107-91(96)79-76-73-70-67-64-61-58-55-50-33-30-27-24-21-18-15-12-9-6-3)84-102-90(95)78-75-72-69-66-63-60-57-54-52-49-46-44-39-37-35-32-29-26-23-20-17-14-11-8-5-2/h7-8,10-11,16-21,25-30,34-37,40-41,44,46,50,52,54-55,86-88,92-93H,4-6,9,12-15,22-24,31-33,38-39,42-43,45,47-49,51,53,56-85H2,1-3H3,(H,97,98)(H,99,100)/b10-7-,11-8-,19-16-,20-17-,21-18-,28-25-,29-26-,30-27-,36-34-,37-35-,41-40-,46-44-,54-52-,55-50-. The molecule has 0 aliphatic carbocycles. The number of unbranched alkanes of at least 4 members (excludes halogenated alkanes) is 28. The van der Waals surface area contributed by atoms with Crippen molar-refractivity contribution in [3.05, 3.63) is 170 Å². The Hall–Kier alpha value is -5.09. The van der Waals surface area contributed by atoms with E-state index in [0.29, 0.717) is 19.3 Å². The molecule has 0 aromatic carbocycles. The van der Waals surface area contributed by atoms with E-state index in [4.69, 9.17) is 32.3 Å². The lowest BCUT2D eigenvalue weighted by Gasteiger charge is -2.21. The third-order valence-electron chi connectivity index (χ3n) is 17.4. The Morgan fingerprint density at radius 3 is 0.771 bits per heavy atom. The van der Waals surface area contributed by atoms with Crippen molar-refractivity contribution in [1.82, 2.24) is 0 Å². The molecule has 622 valence electrons. The molecule has 4 N–H and O–H groups in total. The molecule has 5 atom stereocenters. The Labute approximate surface area is 662 Å². The summed E-state index contributed by atoms with van der Waals surface area (Å²) in [5.74, 6) is -1.61. The van der Waals surface area contributed by atoms with Gasteiger partial charge in [0.15, 0.2) is 6.10 Å². The largest absolute Gasteiger partial charge is 0.472 e. The lowest BCUT2D eigenvalue weighted by molar-refractivity contribution is -0.161. The predicted molar refractivity (Wildman–Crippen MR) is 454 cm³/mol. The molecule has 109 heavy (non-hydrogen) atoms. The molecule has 0 rings (SSSR count). The zero-order valence-electron chi connectivity index (χ0n) is 68.2. The first-order chi connectivity index (χ1) is 53.2. The lowest BCUT2D eigenvalue weighted by Crippen LogP contribution is -2.30. The average Bonchev–Trinajstić information content (AvgIpc) is 0.906. The van der Waals surface area contributed by atoms with Crippen LogP contribution in [0.25, 0.3) is 0 Å². The summed E-state index contributed by atoms with van der Waals surface area (Å²) in [4.78, 5) is 58.8. The third kappa shape index (κ3) is 83.7. The van der Waals surface area contributed by atoms with Gasteiger partial charge in [0.2, 0.25) is 0 Å². The molecule has 0 amide bonds. The minimum Gasteiger partial charge on any atom is -0.463 e. The van der Waals surface area contributed by atoms with Crippen molar-refractivity contribution in [3.63, 3.8) is 0 Å². The van der Waals surface area contributed by atoms with Crippen LogP contribution in [0.2, 0.25) is 0 Å². The van der Waals surface area contributed by atoms with E-state index in [1.54, 1.807) is 0 Å². The molecule has 0 heterocycles. The summed E-state index contributed by atoms with van der Waals surface area (Å²) in [6, 6.07) is 0. The van der Waals surface area contributed by atoms with E-state index in [1.807, 2.05) is 0 Å². The number of phosphoric acid groups is 2. The number of aliphatic hydroxyl groups excluding tert-OH is 2. The van der Waals surface area contributed by atoms with Crippen molar-refractivity contribution in [2.24, 2.45) is 0 Å². The Bertz CT molecular complexity index is 2660. The maximum absolute atomic E-state index is 13.0.